The minimum absolute atomic E-state index is 0.214. The summed E-state index contributed by atoms with van der Waals surface area (Å²) in [6, 6.07) is 7.54. The second kappa shape index (κ2) is 14.9. The molecule has 8 heteroatoms. The molecule has 1 aromatic carbocycles. The molecule has 0 heterocycles. The molecule has 1 aromatic rings. The lowest BCUT2D eigenvalue weighted by molar-refractivity contribution is -0.145. The Hall–Kier alpha value is -2.22. The Balaban J connectivity index is 3.37. The third-order valence-electron chi connectivity index (χ3n) is 5.39. The molecule has 192 valence electrons. The number of thioether (sulfide) groups is 1. The normalized spacial score (nSPS) is 14.0. The molecule has 1 rings (SSSR count). The van der Waals surface area contributed by atoms with E-state index in [2.05, 4.69) is 17.6 Å². The average molecular weight is 494 g/mol. The van der Waals surface area contributed by atoms with Gasteiger partial charge >= 0.3 is 6.09 Å². The molecule has 0 aliphatic rings. The molecule has 2 N–H and O–H groups in total. The Morgan fingerprint density at radius 1 is 1.12 bits per heavy atom. The quantitative estimate of drug-likeness (QED) is 0.381. The predicted octanol–water partition coefficient (Wildman–Crippen LogP) is 4.92. The molecule has 0 radical (unpaired) electrons. The molecule has 0 aromatic heterocycles. The zero-order valence-corrected chi connectivity index (χ0v) is 22.7. The Morgan fingerprint density at radius 2 is 1.76 bits per heavy atom. The van der Waals surface area contributed by atoms with Crippen LogP contribution in [0.4, 0.5) is 4.79 Å². The Labute approximate surface area is 209 Å². The minimum atomic E-state index is -0.800. The van der Waals surface area contributed by atoms with Crippen molar-refractivity contribution in [2.24, 2.45) is 0 Å². The molecule has 0 bridgehead atoms. The third-order valence-corrected chi connectivity index (χ3v) is 6.04. The molecular weight excluding hydrogens is 450 g/mol. The fraction of sp³-hybridized carbons (Fsp3) is 0.654. The molecule has 0 saturated heterocycles. The highest BCUT2D eigenvalue weighted by atomic mass is 32.2. The summed E-state index contributed by atoms with van der Waals surface area (Å²) in [4.78, 5) is 41.6. The van der Waals surface area contributed by atoms with Crippen LogP contribution < -0.4 is 10.6 Å². The number of benzene rings is 1. The van der Waals surface area contributed by atoms with Gasteiger partial charge in [-0.3, -0.25) is 9.59 Å². The average Bonchev–Trinajstić information content (AvgIpc) is 2.78. The molecule has 0 fully saturated rings. The maximum atomic E-state index is 14.0. The van der Waals surface area contributed by atoms with Crippen LogP contribution in [0, 0.1) is 0 Å². The van der Waals surface area contributed by atoms with Crippen LogP contribution in [-0.4, -0.2) is 59.0 Å². The highest BCUT2D eigenvalue weighted by Gasteiger charge is 2.38. The van der Waals surface area contributed by atoms with E-state index in [4.69, 9.17) is 4.74 Å². The lowest BCUT2D eigenvalue weighted by atomic mass is 9.99. The number of alkyl carbamates (subject to hydrolysis) is 1. The first-order valence-corrected chi connectivity index (χ1v) is 13.6. The molecule has 0 aliphatic carbocycles. The fourth-order valence-electron chi connectivity index (χ4n) is 3.48. The Kier molecular flexibility index (Phi) is 13.1. The largest absolute Gasteiger partial charge is 0.444 e. The van der Waals surface area contributed by atoms with Gasteiger partial charge in [0.15, 0.2) is 0 Å². The zero-order valence-electron chi connectivity index (χ0n) is 21.8. The van der Waals surface area contributed by atoms with Gasteiger partial charge in [-0.2, -0.15) is 11.8 Å². The van der Waals surface area contributed by atoms with E-state index in [0.29, 0.717) is 25.1 Å². The number of hydrogen-bond acceptors (Lipinski definition) is 5. The number of nitrogens with one attached hydrogen (secondary N) is 2. The zero-order chi connectivity index (χ0) is 25.7. The van der Waals surface area contributed by atoms with E-state index in [1.54, 1.807) is 37.4 Å². The van der Waals surface area contributed by atoms with E-state index in [9.17, 15) is 14.4 Å². The van der Waals surface area contributed by atoms with Crippen molar-refractivity contribution < 1.29 is 19.1 Å². The van der Waals surface area contributed by atoms with Crippen molar-refractivity contribution >= 4 is 29.7 Å². The van der Waals surface area contributed by atoms with E-state index in [1.807, 2.05) is 50.4 Å². The van der Waals surface area contributed by atoms with Gasteiger partial charge in [-0.05, 0) is 64.5 Å². The van der Waals surface area contributed by atoms with E-state index in [0.717, 1.165) is 18.4 Å². The lowest BCUT2D eigenvalue weighted by Gasteiger charge is -2.38. The standard InChI is InChI=1S/C26H43N3O4S/c1-8-10-17-27-23(30)22(20-14-12-11-13-15-20)29(19(3)9-2)24(31)21(16-18-34-7)28-25(32)33-26(4,5)6/h11-15,19,21-22H,8-10,16-18H2,1-7H3,(H,27,30)(H,28,32). The number of nitrogens with zero attached hydrogens (tertiary/aromatic N) is 1. The second-order valence-electron chi connectivity index (χ2n) is 9.44. The predicted molar refractivity (Wildman–Crippen MR) is 140 cm³/mol. The van der Waals surface area contributed by atoms with Gasteiger partial charge < -0.3 is 20.3 Å². The molecule has 0 spiro atoms. The van der Waals surface area contributed by atoms with Crippen molar-refractivity contribution in [1.29, 1.82) is 0 Å². The molecule has 0 saturated carbocycles. The maximum absolute atomic E-state index is 14.0. The molecule has 7 nitrogen and oxygen atoms in total. The van der Waals surface area contributed by atoms with E-state index < -0.39 is 23.8 Å². The van der Waals surface area contributed by atoms with Gasteiger partial charge in [-0.1, -0.05) is 50.6 Å². The van der Waals surface area contributed by atoms with E-state index in [-0.39, 0.29) is 17.9 Å². The molecule has 3 unspecified atom stereocenters. The molecule has 3 amide bonds. The monoisotopic (exact) mass is 493 g/mol. The number of hydrogen-bond donors (Lipinski definition) is 2. The van der Waals surface area contributed by atoms with Crippen molar-refractivity contribution in [3.8, 4) is 0 Å². The minimum Gasteiger partial charge on any atom is -0.444 e. The van der Waals surface area contributed by atoms with Crippen molar-refractivity contribution in [3.63, 3.8) is 0 Å². The van der Waals surface area contributed by atoms with Crippen LogP contribution in [0.1, 0.15) is 78.8 Å². The summed E-state index contributed by atoms with van der Waals surface area (Å²) in [5.74, 6) is 0.183. The summed E-state index contributed by atoms with van der Waals surface area (Å²) in [6.07, 6.45) is 4.24. The van der Waals surface area contributed by atoms with Crippen LogP contribution >= 0.6 is 11.8 Å². The van der Waals surface area contributed by atoms with Crippen molar-refractivity contribution in [2.75, 3.05) is 18.6 Å². The summed E-state index contributed by atoms with van der Waals surface area (Å²) in [5, 5.41) is 5.77. The lowest BCUT2D eigenvalue weighted by Crippen LogP contribution is -2.55. The first-order valence-electron chi connectivity index (χ1n) is 12.2. The molecule has 0 aliphatic heterocycles. The summed E-state index contributed by atoms with van der Waals surface area (Å²) in [6.45, 7) is 11.9. The number of carbonyl (C=O) groups excluding carboxylic acids is 3. The van der Waals surface area contributed by atoms with E-state index >= 15 is 0 Å². The van der Waals surface area contributed by atoms with E-state index in [1.165, 1.54) is 0 Å². The van der Waals surface area contributed by atoms with Crippen LogP contribution in [0.3, 0.4) is 0 Å². The first kappa shape index (κ1) is 29.8. The topological polar surface area (TPSA) is 87.7 Å². The smallest absolute Gasteiger partial charge is 0.408 e. The van der Waals surface area contributed by atoms with Crippen LogP contribution in [0.25, 0.3) is 0 Å². The summed E-state index contributed by atoms with van der Waals surface area (Å²) < 4.78 is 5.42. The third kappa shape index (κ3) is 9.95. The SMILES string of the molecule is CCCCNC(=O)C(c1ccccc1)N(C(=O)C(CCSC)NC(=O)OC(C)(C)C)C(C)CC. The second-order valence-corrected chi connectivity index (χ2v) is 10.4. The number of unbranched alkanes of at least 4 members (excludes halogenated alkanes) is 1. The fourth-order valence-corrected chi connectivity index (χ4v) is 3.95. The van der Waals surface area contributed by atoms with Crippen LogP contribution in [-0.2, 0) is 14.3 Å². The van der Waals surface area contributed by atoms with Gasteiger partial charge in [0.05, 0.1) is 0 Å². The van der Waals surface area contributed by atoms with Crippen LogP contribution in [0.15, 0.2) is 30.3 Å². The highest BCUT2D eigenvalue weighted by molar-refractivity contribution is 7.98. The van der Waals surface area contributed by atoms with Gasteiger partial charge in [-0.15, -0.1) is 0 Å². The Morgan fingerprint density at radius 3 is 2.29 bits per heavy atom. The summed E-state index contributed by atoms with van der Waals surface area (Å²) >= 11 is 1.60. The van der Waals surface area contributed by atoms with Crippen LogP contribution in [0.5, 0.6) is 0 Å². The van der Waals surface area contributed by atoms with Gasteiger partial charge in [-0.25, -0.2) is 4.79 Å². The summed E-state index contributed by atoms with van der Waals surface area (Å²) in [5.41, 5.74) is 0.0605. The Bertz CT molecular complexity index is 767. The van der Waals surface area contributed by atoms with Crippen molar-refractivity contribution in [3.05, 3.63) is 35.9 Å². The van der Waals surface area contributed by atoms with Gasteiger partial charge in [0, 0.05) is 12.6 Å². The summed E-state index contributed by atoms with van der Waals surface area (Å²) in [7, 11) is 0. The molecule has 3 atom stereocenters. The van der Waals surface area contributed by atoms with Gasteiger partial charge in [0.1, 0.15) is 17.7 Å². The molecule has 34 heavy (non-hydrogen) atoms. The molecular formula is C26H43N3O4S. The van der Waals surface area contributed by atoms with Gasteiger partial charge in [0.2, 0.25) is 11.8 Å². The maximum Gasteiger partial charge on any atom is 0.408 e. The number of carbonyl (C=O) groups is 3. The number of amides is 3. The highest BCUT2D eigenvalue weighted by Crippen LogP contribution is 2.26. The number of rotatable bonds is 13. The van der Waals surface area contributed by atoms with Crippen molar-refractivity contribution in [1.82, 2.24) is 15.5 Å². The first-order chi connectivity index (χ1) is 16.1. The number of ether oxygens (including phenoxy) is 1. The van der Waals surface area contributed by atoms with Gasteiger partial charge in [0.25, 0.3) is 0 Å². The van der Waals surface area contributed by atoms with Crippen LogP contribution in [0.2, 0.25) is 0 Å². The van der Waals surface area contributed by atoms with Crippen molar-refractivity contribution in [2.45, 2.75) is 91.0 Å².